The fourth-order valence-electron chi connectivity index (χ4n) is 1.31. The minimum Gasteiger partial charge on any atom is -0.493 e. The van der Waals surface area contributed by atoms with Crippen LogP contribution in [0.3, 0.4) is 0 Å². The van der Waals surface area contributed by atoms with E-state index in [0.29, 0.717) is 17.2 Å². The molecule has 1 aromatic rings. The maximum Gasteiger partial charge on any atom is 0.335 e. The molecule has 92 valence electrons. The number of aromatic carboxylic acids is 1. The van der Waals surface area contributed by atoms with Crippen LogP contribution in [0.2, 0.25) is 0 Å². The molecule has 0 spiro atoms. The lowest BCUT2D eigenvalue weighted by atomic mass is 10.2. The van der Waals surface area contributed by atoms with Crippen molar-refractivity contribution in [3.63, 3.8) is 0 Å². The second-order valence-electron chi connectivity index (χ2n) is 3.11. The Labute approximate surface area is 99.2 Å². The van der Waals surface area contributed by atoms with Gasteiger partial charge in [-0.2, -0.15) is 0 Å². The maximum absolute atomic E-state index is 10.9. The predicted molar refractivity (Wildman–Crippen MR) is 62.2 cm³/mol. The van der Waals surface area contributed by atoms with Gasteiger partial charge in [0, 0.05) is 0 Å². The van der Waals surface area contributed by atoms with Crippen molar-refractivity contribution in [1.82, 2.24) is 0 Å². The van der Waals surface area contributed by atoms with Crippen LogP contribution in [0.25, 0.3) is 0 Å². The average Bonchev–Trinajstić information content (AvgIpc) is 2.34. The Hall–Kier alpha value is -2.17. The van der Waals surface area contributed by atoms with Crippen molar-refractivity contribution in [1.29, 1.82) is 0 Å². The molecule has 0 fully saturated rings. The molecule has 0 heterocycles. The van der Waals surface area contributed by atoms with Crippen molar-refractivity contribution in [3.05, 3.63) is 30.4 Å². The molecule has 0 aliphatic carbocycles. The van der Waals surface area contributed by atoms with Gasteiger partial charge in [0.1, 0.15) is 6.61 Å². The predicted octanol–water partition coefficient (Wildman–Crippen LogP) is 1.97. The van der Waals surface area contributed by atoms with Gasteiger partial charge in [0.2, 0.25) is 5.75 Å². The second kappa shape index (κ2) is 5.79. The molecule has 0 saturated heterocycles. The molecule has 0 amide bonds. The van der Waals surface area contributed by atoms with E-state index < -0.39 is 5.97 Å². The standard InChI is InChI=1S/C12H14O5/c1-4-5-17-10-7-8(12(13)14)6-9(15-2)11(10)16-3/h4,6-7H,1,5H2,2-3H3,(H,13,14). The fourth-order valence-corrected chi connectivity index (χ4v) is 1.31. The van der Waals surface area contributed by atoms with Crippen LogP contribution in [0.1, 0.15) is 10.4 Å². The lowest BCUT2D eigenvalue weighted by molar-refractivity contribution is 0.0696. The van der Waals surface area contributed by atoms with Gasteiger partial charge in [-0.3, -0.25) is 0 Å². The van der Waals surface area contributed by atoms with Crippen LogP contribution in [0.15, 0.2) is 24.8 Å². The topological polar surface area (TPSA) is 65.0 Å². The molecule has 1 N–H and O–H groups in total. The van der Waals surface area contributed by atoms with Gasteiger partial charge >= 0.3 is 5.97 Å². The quantitative estimate of drug-likeness (QED) is 0.767. The summed E-state index contributed by atoms with van der Waals surface area (Å²) < 4.78 is 15.5. The molecule has 0 saturated carbocycles. The zero-order valence-corrected chi connectivity index (χ0v) is 9.73. The van der Waals surface area contributed by atoms with Crippen LogP contribution in [0.4, 0.5) is 0 Å². The van der Waals surface area contributed by atoms with E-state index in [2.05, 4.69) is 6.58 Å². The van der Waals surface area contributed by atoms with E-state index in [4.69, 9.17) is 19.3 Å². The summed E-state index contributed by atoms with van der Waals surface area (Å²) in [6.07, 6.45) is 1.55. The first kappa shape index (κ1) is 12.9. The minimum absolute atomic E-state index is 0.0710. The molecule has 0 unspecified atom stereocenters. The summed E-state index contributed by atoms with van der Waals surface area (Å²) in [6, 6.07) is 2.76. The Kier molecular flexibility index (Phi) is 4.39. The number of rotatable bonds is 6. The van der Waals surface area contributed by atoms with Crippen molar-refractivity contribution in [2.24, 2.45) is 0 Å². The molecular weight excluding hydrogens is 224 g/mol. The number of benzene rings is 1. The van der Waals surface area contributed by atoms with E-state index in [1.54, 1.807) is 6.08 Å². The Morgan fingerprint density at radius 1 is 1.35 bits per heavy atom. The van der Waals surface area contributed by atoms with Gasteiger partial charge in [-0.05, 0) is 12.1 Å². The zero-order valence-electron chi connectivity index (χ0n) is 9.73. The largest absolute Gasteiger partial charge is 0.493 e. The van der Waals surface area contributed by atoms with Gasteiger partial charge in [0.15, 0.2) is 11.5 Å². The summed E-state index contributed by atoms with van der Waals surface area (Å²) in [6.45, 7) is 3.77. The molecule has 0 aromatic heterocycles. The molecule has 5 heteroatoms. The van der Waals surface area contributed by atoms with Crippen molar-refractivity contribution < 1.29 is 24.1 Å². The van der Waals surface area contributed by atoms with Crippen LogP contribution < -0.4 is 14.2 Å². The normalized spacial score (nSPS) is 9.53. The van der Waals surface area contributed by atoms with Crippen molar-refractivity contribution >= 4 is 5.97 Å². The highest BCUT2D eigenvalue weighted by Crippen LogP contribution is 2.38. The lowest BCUT2D eigenvalue weighted by Crippen LogP contribution is -2.03. The van der Waals surface area contributed by atoms with Crippen LogP contribution in [-0.2, 0) is 0 Å². The summed E-state index contributed by atoms with van der Waals surface area (Å²) in [5.74, 6) is -0.0793. The first-order valence-corrected chi connectivity index (χ1v) is 4.87. The van der Waals surface area contributed by atoms with Gasteiger partial charge in [-0.1, -0.05) is 12.7 Å². The van der Waals surface area contributed by atoms with E-state index in [-0.39, 0.29) is 12.2 Å². The molecule has 5 nitrogen and oxygen atoms in total. The smallest absolute Gasteiger partial charge is 0.335 e. The summed E-state index contributed by atoms with van der Waals surface area (Å²) in [7, 11) is 2.89. The fraction of sp³-hybridized carbons (Fsp3) is 0.250. The monoisotopic (exact) mass is 238 g/mol. The van der Waals surface area contributed by atoms with Crippen LogP contribution in [0, 0.1) is 0 Å². The highest BCUT2D eigenvalue weighted by molar-refractivity contribution is 5.89. The highest BCUT2D eigenvalue weighted by atomic mass is 16.5. The number of carbonyl (C=O) groups is 1. The Morgan fingerprint density at radius 3 is 2.47 bits per heavy atom. The Bertz CT molecular complexity index is 425. The summed E-state index contributed by atoms with van der Waals surface area (Å²) >= 11 is 0. The first-order chi connectivity index (χ1) is 8.13. The first-order valence-electron chi connectivity index (χ1n) is 4.87. The van der Waals surface area contributed by atoms with Crippen molar-refractivity contribution in [2.45, 2.75) is 0 Å². The lowest BCUT2D eigenvalue weighted by Gasteiger charge is -2.13. The van der Waals surface area contributed by atoms with Gasteiger partial charge in [-0.15, -0.1) is 0 Å². The zero-order chi connectivity index (χ0) is 12.8. The molecule has 1 rings (SSSR count). The van der Waals surface area contributed by atoms with E-state index in [1.165, 1.54) is 26.4 Å². The number of hydrogen-bond acceptors (Lipinski definition) is 4. The molecule has 0 atom stereocenters. The minimum atomic E-state index is -1.06. The second-order valence-corrected chi connectivity index (χ2v) is 3.11. The Morgan fingerprint density at radius 2 is 2.00 bits per heavy atom. The highest BCUT2D eigenvalue weighted by Gasteiger charge is 2.16. The third-order valence-electron chi connectivity index (χ3n) is 2.05. The van der Waals surface area contributed by atoms with E-state index in [0.717, 1.165) is 0 Å². The molecule has 0 aliphatic heterocycles. The SMILES string of the molecule is C=CCOc1cc(C(=O)O)cc(OC)c1OC. The number of hydrogen-bond donors (Lipinski definition) is 1. The molecule has 1 aromatic carbocycles. The molecule has 0 radical (unpaired) electrons. The van der Waals surface area contributed by atoms with Crippen molar-refractivity contribution in [3.8, 4) is 17.2 Å². The van der Waals surface area contributed by atoms with Gasteiger partial charge in [-0.25, -0.2) is 4.79 Å². The summed E-state index contributed by atoms with van der Waals surface area (Å²) in [4.78, 5) is 10.9. The van der Waals surface area contributed by atoms with Gasteiger partial charge in [0.25, 0.3) is 0 Å². The van der Waals surface area contributed by atoms with E-state index >= 15 is 0 Å². The van der Waals surface area contributed by atoms with Gasteiger partial charge < -0.3 is 19.3 Å². The molecule has 0 aliphatic rings. The van der Waals surface area contributed by atoms with Crippen molar-refractivity contribution in [2.75, 3.05) is 20.8 Å². The van der Waals surface area contributed by atoms with Crippen LogP contribution >= 0.6 is 0 Å². The average molecular weight is 238 g/mol. The maximum atomic E-state index is 10.9. The van der Waals surface area contributed by atoms with E-state index in [9.17, 15) is 4.79 Å². The summed E-state index contributed by atoms with van der Waals surface area (Å²) in [5.41, 5.74) is 0.0710. The third-order valence-corrected chi connectivity index (χ3v) is 2.05. The number of carboxylic acid groups (broad SMARTS) is 1. The third kappa shape index (κ3) is 2.90. The molecule has 17 heavy (non-hydrogen) atoms. The van der Waals surface area contributed by atoms with Gasteiger partial charge in [0.05, 0.1) is 19.8 Å². The van der Waals surface area contributed by atoms with Crippen LogP contribution in [-0.4, -0.2) is 31.9 Å². The summed E-state index contributed by atoms with van der Waals surface area (Å²) in [5, 5.41) is 8.95. The number of carboxylic acids is 1. The molecule has 0 bridgehead atoms. The number of methoxy groups -OCH3 is 2. The van der Waals surface area contributed by atoms with Crippen LogP contribution in [0.5, 0.6) is 17.2 Å². The number of ether oxygens (including phenoxy) is 3. The molecular formula is C12H14O5. The Balaban J connectivity index is 3.26. The van der Waals surface area contributed by atoms with E-state index in [1.807, 2.05) is 0 Å².